The van der Waals surface area contributed by atoms with Crippen LogP contribution in [0.3, 0.4) is 0 Å². The highest BCUT2D eigenvalue weighted by Crippen LogP contribution is 2.29. The predicted molar refractivity (Wildman–Crippen MR) is 89.7 cm³/mol. The summed E-state index contributed by atoms with van der Waals surface area (Å²) in [5, 5.41) is 4.08. The van der Waals surface area contributed by atoms with Crippen LogP contribution in [0.2, 0.25) is 13.1 Å². The van der Waals surface area contributed by atoms with E-state index in [0.717, 1.165) is 6.42 Å². The summed E-state index contributed by atoms with van der Waals surface area (Å²) in [6.45, 7) is 4.67. The maximum atomic E-state index is 3.74. The molecule has 0 unspecified atom stereocenters. The Morgan fingerprint density at radius 3 is 2.48 bits per heavy atom. The Morgan fingerprint density at radius 2 is 1.76 bits per heavy atom. The number of hydrogen-bond acceptors (Lipinski definition) is 0. The van der Waals surface area contributed by atoms with Crippen LogP contribution in [0.4, 0.5) is 0 Å². The van der Waals surface area contributed by atoms with Crippen LogP contribution < -0.4 is 5.22 Å². The number of allylic oxidation sites excluding steroid dienone is 4. The predicted octanol–water partition coefficient (Wildman–Crippen LogP) is 3.76. The lowest BCUT2D eigenvalue weighted by molar-refractivity contribution is 1.33. The first kappa shape index (κ1) is 12.7. The Morgan fingerprint density at radius 1 is 0.952 bits per heavy atom. The van der Waals surface area contributed by atoms with Crippen molar-refractivity contribution in [2.45, 2.75) is 19.5 Å². The Labute approximate surface area is 126 Å². The third-order valence-electron chi connectivity index (χ3n) is 4.31. The second-order valence-corrected chi connectivity index (χ2v) is 8.44. The largest absolute Gasteiger partial charge is 0.0801 e. The second-order valence-electron chi connectivity index (χ2n) is 5.91. The number of hydrogen-bond donors (Lipinski definition) is 0. The average Bonchev–Trinajstić information content (AvgIpc) is 3.11. The normalized spacial score (nSPS) is 15.0. The van der Waals surface area contributed by atoms with E-state index in [1.807, 2.05) is 0 Å². The van der Waals surface area contributed by atoms with E-state index in [1.165, 1.54) is 37.2 Å². The maximum Gasteiger partial charge on any atom is 0.0136 e. The molecule has 2 aliphatic rings. The van der Waals surface area contributed by atoms with Crippen LogP contribution in [0.25, 0.3) is 5.57 Å². The molecule has 0 saturated carbocycles. The van der Waals surface area contributed by atoms with Gasteiger partial charge in [0.05, 0.1) is 0 Å². The van der Waals surface area contributed by atoms with Gasteiger partial charge in [-0.25, -0.2) is 0 Å². The summed E-state index contributed by atoms with van der Waals surface area (Å²) in [6.07, 6.45) is 7.70. The molecule has 0 aromatic heterocycles. The van der Waals surface area contributed by atoms with Crippen molar-refractivity contribution in [3.8, 4) is 0 Å². The molecule has 0 atom stereocenters. The first-order valence-corrected chi connectivity index (χ1v) is 9.96. The summed E-state index contributed by atoms with van der Waals surface area (Å²) in [6, 6.07) is 17.1. The summed E-state index contributed by atoms with van der Waals surface area (Å²) in [5.41, 5.74) is 4.14. The molecule has 1 radical (unpaired) electrons. The first-order valence-electron chi connectivity index (χ1n) is 7.46. The smallest absolute Gasteiger partial charge is 0.0136 e. The monoisotopic (exact) mass is 285 g/mol. The molecule has 2 aliphatic carbocycles. The fraction of sp³-hybridized carbons (Fsp3) is 0.150. The molecule has 2 aromatic rings. The third-order valence-corrected chi connectivity index (χ3v) is 5.68. The third kappa shape index (κ3) is 1.92. The highest BCUT2D eigenvalue weighted by Gasteiger charge is 2.16. The van der Waals surface area contributed by atoms with E-state index >= 15 is 0 Å². The molecule has 0 fully saturated rings. The van der Waals surface area contributed by atoms with Crippen molar-refractivity contribution >= 4 is 14.0 Å². The van der Waals surface area contributed by atoms with Crippen molar-refractivity contribution in [2.24, 2.45) is 0 Å². The van der Waals surface area contributed by atoms with Crippen LogP contribution in [0.15, 0.2) is 60.2 Å². The van der Waals surface area contributed by atoms with Gasteiger partial charge in [0.15, 0.2) is 0 Å². The molecule has 0 amide bonds. The van der Waals surface area contributed by atoms with Crippen LogP contribution >= 0.6 is 0 Å². The minimum absolute atomic E-state index is 0.470. The summed E-state index contributed by atoms with van der Waals surface area (Å²) < 4.78 is 0. The van der Waals surface area contributed by atoms with Gasteiger partial charge in [-0.3, -0.25) is 0 Å². The number of rotatable bonds is 1. The van der Waals surface area contributed by atoms with E-state index < -0.39 is 8.41 Å². The van der Waals surface area contributed by atoms with Crippen molar-refractivity contribution in [2.75, 3.05) is 0 Å². The second kappa shape index (κ2) is 4.78. The Balaban J connectivity index is 2.17. The molecule has 0 saturated heterocycles. The molecule has 2 aromatic carbocycles. The Bertz CT molecular complexity index is 1020. The van der Waals surface area contributed by atoms with Crippen LogP contribution in [0.1, 0.15) is 12.0 Å². The van der Waals surface area contributed by atoms with Crippen LogP contribution in [0.5, 0.6) is 0 Å². The maximum absolute atomic E-state index is 3.74. The van der Waals surface area contributed by atoms with Crippen molar-refractivity contribution < 1.29 is 0 Å². The fourth-order valence-corrected chi connectivity index (χ4v) is 4.04. The van der Waals surface area contributed by atoms with E-state index in [1.54, 1.807) is 0 Å². The molecule has 0 heterocycles. The van der Waals surface area contributed by atoms with Gasteiger partial charge in [0.1, 0.15) is 0 Å². The van der Waals surface area contributed by atoms with Crippen molar-refractivity contribution in [1.29, 1.82) is 0 Å². The molecule has 0 spiro atoms. The topological polar surface area (TPSA) is 0 Å². The van der Waals surface area contributed by atoms with Gasteiger partial charge in [-0.05, 0) is 49.7 Å². The lowest BCUT2D eigenvalue weighted by atomic mass is 9.97. The molecular formula is C20H17Si. The molecule has 0 aliphatic heterocycles. The molecule has 4 rings (SSSR count). The van der Waals surface area contributed by atoms with Crippen molar-refractivity contribution in [1.82, 2.24) is 0 Å². The zero-order valence-corrected chi connectivity index (χ0v) is 13.4. The zero-order valence-electron chi connectivity index (χ0n) is 12.4. The average molecular weight is 285 g/mol. The van der Waals surface area contributed by atoms with Gasteiger partial charge in [-0.2, -0.15) is 0 Å². The highest BCUT2D eigenvalue weighted by atomic mass is 28.2. The van der Waals surface area contributed by atoms with Crippen LogP contribution in [-0.2, 0) is 0 Å². The lowest BCUT2D eigenvalue weighted by Gasteiger charge is -2.07. The van der Waals surface area contributed by atoms with E-state index in [-0.39, 0.29) is 0 Å². The summed E-state index contributed by atoms with van der Waals surface area (Å²) in [5.74, 6) is 0. The van der Waals surface area contributed by atoms with Gasteiger partial charge < -0.3 is 0 Å². The quantitative estimate of drug-likeness (QED) is 0.700. The van der Waals surface area contributed by atoms with Crippen molar-refractivity contribution in [3.63, 3.8) is 0 Å². The standard InChI is InChI=1S/C20H17Si/c1-21(2)15-11-12-17-16-9-5-6-10-18(16)20(19(17)13-15)14-7-3-4-8-14/h3-7,9-12H,8H2,1-2H3. The van der Waals surface area contributed by atoms with Gasteiger partial charge in [0.2, 0.25) is 0 Å². The van der Waals surface area contributed by atoms with Gasteiger partial charge in [0, 0.05) is 8.41 Å². The Hall–Kier alpha value is -1.99. The summed E-state index contributed by atoms with van der Waals surface area (Å²) in [7, 11) is -0.470. The van der Waals surface area contributed by atoms with E-state index in [4.69, 9.17) is 0 Å². The molecule has 0 nitrogen and oxygen atoms in total. The van der Waals surface area contributed by atoms with Crippen LogP contribution in [-0.4, -0.2) is 8.41 Å². The minimum Gasteiger partial charge on any atom is -0.0801 e. The van der Waals surface area contributed by atoms with Crippen LogP contribution in [0, 0.1) is 21.3 Å². The summed E-state index contributed by atoms with van der Waals surface area (Å²) in [4.78, 5) is 1.40. The fourth-order valence-electron chi connectivity index (χ4n) is 3.24. The van der Waals surface area contributed by atoms with Gasteiger partial charge in [-0.15, -0.1) is 0 Å². The highest BCUT2D eigenvalue weighted by molar-refractivity contribution is 6.47. The van der Waals surface area contributed by atoms with Crippen molar-refractivity contribution in [3.05, 3.63) is 92.3 Å². The molecule has 0 bridgehead atoms. The number of benzene rings is 2. The van der Waals surface area contributed by atoms with E-state index in [0.29, 0.717) is 0 Å². The summed E-state index contributed by atoms with van der Waals surface area (Å²) >= 11 is 0. The molecular weight excluding hydrogens is 268 g/mol. The minimum atomic E-state index is -0.470. The molecule has 1 heteroatoms. The SMILES string of the molecule is C[Si](C)=c1[c]c2c(cc1)=c1ccccc1=C2C1=CC=CC1. The first-order chi connectivity index (χ1) is 10.3. The van der Waals surface area contributed by atoms with E-state index in [2.05, 4.69) is 73.8 Å². The van der Waals surface area contributed by atoms with Gasteiger partial charge in [-0.1, -0.05) is 67.7 Å². The molecule has 101 valence electrons. The lowest BCUT2D eigenvalue weighted by Crippen LogP contribution is -2.06. The van der Waals surface area contributed by atoms with Gasteiger partial charge in [0.25, 0.3) is 0 Å². The van der Waals surface area contributed by atoms with Gasteiger partial charge >= 0.3 is 0 Å². The Kier molecular flexibility index (Phi) is 2.90. The van der Waals surface area contributed by atoms with E-state index in [9.17, 15) is 0 Å². The zero-order chi connectivity index (χ0) is 14.4. The molecule has 21 heavy (non-hydrogen) atoms. The number of fused-ring (bicyclic) bond motifs is 2. The molecule has 0 N–H and O–H groups in total.